The Morgan fingerprint density at radius 1 is 1.07 bits per heavy atom. The fraction of sp³-hybridized carbons (Fsp3) is 0.526. The molecule has 1 fully saturated rings. The minimum absolute atomic E-state index is 0.101. The summed E-state index contributed by atoms with van der Waals surface area (Å²) in [6.07, 6.45) is 0. The summed E-state index contributed by atoms with van der Waals surface area (Å²) in [6, 6.07) is 4.58. The standard InChI is InChI=1S/C19H26Cl2N4O3/c1-3-24(4-2)18(27)13-23-7-9-25(10-8-23)17(26)12-22-19(28)15-6-5-14(20)11-16(15)21/h5-6,11H,3-4,7-10,12-13H2,1-2H3,(H,22,28). The van der Waals surface area contributed by atoms with Gasteiger partial charge in [0.1, 0.15) is 0 Å². The number of halogens is 2. The molecule has 3 amide bonds. The lowest BCUT2D eigenvalue weighted by Gasteiger charge is -2.35. The third-order valence-electron chi connectivity index (χ3n) is 4.78. The highest BCUT2D eigenvalue weighted by atomic mass is 35.5. The Hall–Kier alpha value is -1.83. The van der Waals surface area contributed by atoms with Crippen LogP contribution in [-0.2, 0) is 9.59 Å². The first kappa shape index (κ1) is 22.5. The molecule has 1 aliphatic heterocycles. The number of carbonyl (C=O) groups is 3. The zero-order valence-corrected chi connectivity index (χ0v) is 17.7. The summed E-state index contributed by atoms with van der Waals surface area (Å²) in [5.74, 6) is -0.469. The Morgan fingerprint density at radius 2 is 1.71 bits per heavy atom. The van der Waals surface area contributed by atoms with Crippen LogP contribution in [0, 0.1) is 0 Å². The van der Waals surface area contributed by atoms with Gasteiger partial charge in [-0.3, -0.25) is 19.3 Å². The molecule has 0 saturated carbocycles. The zero-order chi connectivity index (χ0) is 20.7. The molecule has 1 heterocycles. The van der Waals surface area contributed by atoms with E-state index in [1.54, 1.807) is 15.9 Å². The van der Waals surface area contributed by atoms with E-state index < -0.39 is 5.91 Å². The van der Waals surface area contributed by atoms with Crippen LogP contribution >= 0.6 is 23.2 Å². The number of amides is 3. The van der Waals surface area contributed by atoms with Crippen LogP contribution in [0.15, 0.2) is 18.2 Å². The molecule has 0 spiro atoms. The number of hydrogen-bond acceptors (Lipinski definition) is 4. The van der Waals surface area contributed by atoms with Crippen molar-refractivity contribution in [2.75, 3.05) is 52.4 Å². The van der Waals surface area contributed by atoms with Gasteiger partial charge in [0.25, 0.3) is 5.91 Å². The van der Waals surface area contributed by atoms with Gasteiger partial charge in [-0.1, -0.05) is 23.2 Å². The van der Waals surface area contributed by atoms with E-state index in [1.165, 1.54) is 12.1 Å². The van der Waals surface area contributed by atoms with Crippen molar-refractivity contribution >= 4 is 40.9 Å². The lowest BCUT2D eigenvalue weighted by atomic mass is 10.2. The molecule has 7 nitrogen and oxygen atoms in total. The highest BCUT2D eigenvalue weighted by molar-refractivity contribution is 6.36. The molecule has 28 heavy (non-hydrogen) atoms. The molecule has 0 bridgehead atoms. The average Bonchev–Trinajstić information content (AvgIpc) is 2.67. The summed E-state index contributed by atoms with van der Waals surface area (Å²) < 4.78 is 0. The predicted octanol–water partition coefficient (Wildman–Crippen LogP) is 1.74. The molecular formula is C19H26Cl2N4O3. The van der Waals surface area contributed by atoms with Gasteiger partial charge in [0.05, 0.1) is 23.7 Å². The highest BCUT2D eigenvalue weighted by Crippen LogP contribution is 2.20. The fourth-order valence-corrected chi connectivity index (χ4v) is 3.55. The van der Waals surface area contributed by atoms with E-state index in [-0.39, 0.29) is 28.9 Å². The van der Waals surface area contributed by atoms with Crippen LogP contribution < -0.4 is 5.32 Å². The van der Waals surface area contributed by atoms with Crippen LogP contribution in [0.2, 0.25) is 10.0 Å². The summed E-state index contributed by atoms with van der Waals surface area (Å²) in [5.41, 5.74) is 0.276. The Kier molecular flexibility index (Phi) is 8.54. The lowest BCUT2D eigenvalue weighted by molar-refractivity contribution is -0.134. The summed E-state index contributed by atoms with van der Waals surface area (Å²) >= 11 is 11.8. The normalized spacial score (nSPS) is 14.6. The second-order valence-electron chi connectivity index (χ2n) is 6.53. The van der Waals surface area contributed by atoms with Crippen molar-refractivity contribution in [2.45, 2.75) is 13.8 Å². The van der Waals surface area contributed by atoms with Crippen molar-refractivity contribution in [1.29, 1.82) is 0 Å². The molecule has 0 unspecified atom stereocenters. The van der Waals surface area contributed by atoms with Gasteiger partial charge in [-0.25, -0.2) is 0 Å². The quantitative estimate of drug-likeness (QED) is 0.717. The number of nitrogens with one attached hydrogen (secondary N) is 1. The maximum absolute atomic E-state index is 12.4. The molecule has 1 aliphatic rings. The molecule has 0 atom stereocenters. The third kappa shape index (κ3) is 6.09. The van der Waals surface area contributed by atoms with Gasteiger partial charge in [-0.05, 0) is 32.0 Å². The van der Waals surface area contributed by atoms with Crippen molar-refractivity contribution in [1.82, 2.24) is 20.0 Å². The van der Waals surface area contributed by atoms with Gasteiger partial charge in [-0.2, -0.15) is 0 Å². The van der Waals surface area contributed by atoms with Gasteiger partial charge >= 0.3 is 0 Å². The fourth-order valence-electron chi connectivity index (χ4n) is 3.06. The molecule has 1 aromatic rings. The van der Waals surface area contributed by atoms with Crippen LogP contribution in [0.3, 0.4) is 0 Å². The van der Waals surface area contributed by atoms with Crippen molar-refractivity contribution in [3.8, 4) is 0 Å². The molecule has 0 aromatic heterocycles. The van der Waals surface area contributed by atoms with E-state index in [2.05, 4.69) is 10.2 Å². The largest absolute Gasteiger partial charge is 0.343 e. The SMILES string of the molecule is CCN(CC)C(=O)CN1CCN(C(=O)CNC(=O)c2ccc(Cl)cc2Cl)CC1. The summed E-state index contributed by atoms with van der Waals surface area (Å²) in [6.45, 7) is 7.92. The molecule has 1 aromatic carbocycles. The molecule has 1 N–H and O–H groups in total. The van der Waals surface area contributed by atoms with E-state index in [0.29, 0.717) is 50.8 Å². The van der Waals surface area contributed by atoms with E-state index in [4.69, 9.17) is 23.2 Å². The summed E-state index contributed by atoms with van der Waals surface area (Å²) in [4.78, 5) is 42.3. The van der Waals surface area contributed by atoms with Gasteiger partial charge < -0.3 is 15.1 Å². The predicted molar refractivity (Wildman–Crippen MR) is 110 cm³/mol. The second-order valence-corrected chi connectivity index (χ2v) is 7.37. The highest BCUT2D eigenvalue weighted by Gasteiger charge is 2.24. The number of nitrogens with zero attached hydrogens (tertiary/aromatic N) is 3. The number of piperazine rings is 1. The first-order valence-electron chi connectivity index (χ1n) is 9.36. The van der Waals surface area contributed by atoms with Crippen molar-refractivity contribution in [3.63, 3.8) is 0 Å². The smallest absolute Gasteiger partial charge is 0.253 e. The van der Waals surface area contributed by atoms with Crippen molar-refractivity contribution in [2.24, 2.45) is 0 Å². The molecule has 0 aliphatic carbocycles. The monoisotopic (exact) mass is 428 g/mol. The molecule has 0 radical (unpaired) electrons. The van der Waals surface area contributed by atoms with Crippen LogP contribution in [0.1, 0.15) is 24.2 Å². The maximum Gasteiger partial charge on any atom is 0.253 e. The Bertz CT molecular complexity index is 717. The minimum Gasteiger partial charge on any atom is -0.343 e. The Balaban J connectivity index is 1.77. The molecule has 154 valence electrons. The van der Waals surface area contributed by atoms with E-state index >= 15 is 0 Å². The van der Waals surface area contributed by atoms with Gasteiger partial charge in [0.2, 0.25) is 11.8 Å². The molecule has 2 rings (SSSR count). The van der Waals surface area contributed by atoms with Crippen LogP contribution in [0.5, 0.6) is 0 Å². The summed E-state index contributed by atoms with van der Waals surface area (Å²) in [5, 5.41) is 3.28. The zero-order valence-electron chi connectivity index (χ0n) is 16.2. The number of likely N-dealkylation sites (N-methyl/N-ethyl adjacent to an activating group) is 1. The Morgan fingerprint density at radius 3 is 2.29 bits per heavy atom. The van der Waals surface area contributed by atoms with E-state index in [1.807, 2.05) is 13.8 Å². The van der Waals surface area contributed by atoms with Crippen LogP contribution in [0.25, 0.3) is 0 Å². The van der Waals surface area contributed by atoms with Gasteiger partial charge in [0, 0.05) is 44.3 Å². The van der Waals surface area contributed by atoms with Gasteiger partial charge in [0.15, 0.2) is 0 Å². The van der Waals surface area contributed by atoms with Gasteiger partial charge in [-0.15, -0.1) is 0 Å². The number of carbonyl (C=O) groups excluding carboxylic acids is 3. The number of benzene rings is 1. The average molecular weight is 429 g/mol. The molecule has 1 saturated heterocycles. The summed E-state index contributed by atoms with van der Waals surface area (Å²) in [7, 11) is 0. The van der Waals surface area contributed by atoms with Crippen molar-refractivity contribution < 1.29 is 14.4 Å². The van der Waals surface area contributed by atoms with E-state index in [9.17, 15) is 14.4 Å². The van der Waals surface area contributed by atoms with Crippen LogP contribution in [-0.4, -0.2) is 84.8 Å². The second kappa shape index (κ2) is 10.6. The minimum atomic E-state index is -0.418. The maximum atomic E-state index is 12.4. The lowest BCUT2D eigenvalue weighted by Crippen LogP contribution is -2.53. The molecule has 9 heteroatoms. The Labute approximate surface area is 175 Å². The van der Waals surface area contributed by atoms with Crippen LogP contribution in [0.4, 0.5) is 0 Å². The third-order valence-corrected chi connectivity index (χ3v) is 5.32. The number of rotatable bonds is 7. The van der Waals surface area contributed by atoms with Crippen molar-refractivity contribution in [3.05, 3.63) is 33.8 Å². The first-order chi connectivity index (χ1) is 13.3. The first-order valence-corrected chi connectivity index (χ1v) is 10.1. The van der Waals surface area contributed by atoms with E-state index in [0.717, 1.165) is 0 Å². The number of hydrogen-bond donors (Lipinski definition) is 1. The topological polar surface area (TPSA) is 73.0 Å². The molecular weight excluding hydrogens is 403 g/mol.